The zero-order chi connectivity index (χ0) is 21.5. The fraction of sp³-hybridized carbons (Fsp3) is 0.111. The Morgan fingerprint density at radius 1 is 0.903 bits per heavy atom. The Labute approximate surface area is 180 Å². The number of ether oxygens (including phenoxy) is 1. The molecule has 0 unspecified atom stereocenters. The molecule has 0 atom stereocenters. The SMILES string of the molecule is Cc1ccc2c(c1)NC(=O)c1cc(CC(=O)c3c(C)ccc4ccccc34)ccc1O2. The number of benzene rings is 4. The molecule has 152 valence electrons. The van der Waals surface area contributed by atoms with Crippen molar-refractivity contribution in [3.8, 4) is 11.5 Å². The van der Waals surface area contributed by atoms with Gasteiger partial charge in [-0.1, -0.05) is 48.5 Å². The van der Waals surface area contributed by atoms with Gasteiger partial charge in [-0.15, -0.1) is 0 Å². The van der Waals surface area contributed by atoms with Gasteiger partial charge < -0.3 is 10.1 Å². The molecular weight excluding hydrogens is 386 g/mol. The molecule has 0 fully saturated rings. The smallest absolute Gasteiger partial charge is 0.259 e. The van der Waals surface area contributed by atoms with Crippen molar-refractivity contribution in [2.45, 2.75) is 20.3 Å². The first-order chi connectivity index (χ1) is 15.0. The molecule has 4 nitrogen and oxygen atoms in total. The van der Waals surface area contributed by atoms with E-state index in [-0.39, 0.29) is 18.1 Å². The summed E-state index contributed by atoms with van der Waals surface area (Å²) in [5, 5.41) is 4.91. The Bertz CT molecular complexity index is 1370. The van der Waals surface area contributed by atoms with Crippen LogP contribution in [0.1, 0.15) is 37.4 Å². The molecule has 1 N–H and O–H groups in total. The normalized spacial score (nSPS) is 12.4. The molecule has 4 heteroatoms. The summed E-state index contributed by atoms with van der Waals surface area (Å²) in [4.78, 5) is 26.1. The van der Waals surface area contributed by atoms with E-state index in [2.05, 4.69) is 5.32 Å². The van der Waals surface area contributed by atoms with Gasteiger partial charge in [0, 0.05) is 12.0 Å². The van der Waals surface area contributed by atoms with E-state index in [4.69, 9.17) is 4.74 Å². The molecule has 1 aliphatic heterocycles. The lowest BCUT2D eigenvalue weighted by atomic mass is 9.93. The van der Waals surface area contributed by atoms with Crippen LogP contribution in [0.2, 0.25) is 0 Å². The minimum Gasteiger partial charge on any atom is -0.454 e. The van der Waals surface area contributed by atoms with E-state index in [0.717, 1.165) is 33.0 Å². The molecule has 0 spiro atoms. The van der Waals surface area contributed by atoms with Gasteiger partial charge in [0.2, 0.25) is 0 Å². The molecule has 1 heterocycles. The van der Waals surface area contributed by atoms with Crippen molar-refractivity contribution < 1.29 is 14.3 Å². The second-order valence-corrected chi connectivity index (χ2v) is 7.96. The average Bonchev–Trinajstić information content (AvgIpc) is 2.89. The zero-order valence-corrected chi connectivity index (χ0v) is 17.4. The summed E-state index contributed by atoms with van der Waals surface area (Å²) in [6, 6.07) is 23.0. The third-order valence-electron chi connectivity index (χ3n) is 5.67. The molecule has 0 aliphatic carbocycles. The topological polar surface area (TPSA) is 55.4 Å². The van der Waals surface area contributed by atoms with Gasteiger partial charge in [-0.25, -0.2) is 0 Å². The monoisotopic (exact) mass is 407 g/mol. The highest BCUT2D eigenvalue weighted by molar-refractivity contribution is 6.11. The van der Waals surface area contributed by atoms with E-state index < -0.39 is 0 Å². The van der Waals surface area contributed by atoms with Gasteiger partial charge in [0.05, 0.1) is 11.3 Å². The van der Waals surface area contributed by atoms with E-state index in [9.17, 15) is 9.59 Å². The summed E-state index contributed by atoms with van der Waals surface area (Å²) in [5.41, 5.74) is 4.56. The molecule has 1 aliphatic rings. The highest BCUT2D eigenvalue weighted by Gasteiger charge is 2.22. The third-order valence-corrected chi connectivity index (χ3v) is 5.67. The third kappa shape index (κ3) is 3.46. The summed E-state index contributed by atoms with van der Waals surface area (Å²) in [5.74, 6) is 0.878. The average molecular weight is 407 g/mol. The molecule has 0 radical (unpaired) electrons. The van der Waals surface area contributed by atoms with Crippen LogP contribution in [0, 0.1) is 13.8 Å². The number of rotatable bonds is 3. The molecule has 4 aromatic rings. The number of carbonyl (C=O) groups excluding carboxylic acids is 2. The predicted molar refractivity (Wildman–Crippen MR) is 122 cm³/mol. The highest BCUT2D eigenvalue weighted by Crippen LogP contribution is 2.36. The number of amides is 1. The van der Waals surface area contributed by atoms with Gasteiger partial charge in [-0.3, -0.25) is 9.59 Å². The van der Waals surface area contributed by atoms with Crippen molar-refractivity contribution in [1.82, 2.24) is 0 Å². The van der Waals surface area contributed by atoms with Gasteiger partial charge in [0.1, 0.15) is 5.75 Å². The summed E-state index contributed by atoms with van der Waals surface area (Å²) < 4.78 is 5.98. The number of fused-ring (bicyclic) bond motifs is 3. The van der Waals surface area contributed by atoms with Crippen molar-refractivity contribution >= 4 is 28.2 Å². The van der Waals surface area contributed by atoms with Crippen LogP contribution < -0.4 is 10.1 Å². The summed E-state index contributed by atoms with van der Waals surface area (Å²) in [6.45, 7) is 3.92. The molecule has 5 rings (SSSR count). The molecule has 0 saturated heterocycles. The lowest BCUT2D eigenvalue weighted by Crippen LogP contribution is -2.12. The van der Waals surface area contributed by atoms with E-state index in [1.165, 1.54) is 0 Å². The number of aryl methyl sites for hydroxylation is 2. The Kier molecular flexibility index (Phi) is 4.55. The minimum absolute atomic E-state index is 0.0307. The molecule has 4 aromatic carbocycles. The van der Waals surface area contributed by atoms with Crippen LogP contribution in [0.25, 0.3) is 10.8 Å². The van der Waals surface area contributed by atoms with Crippen molar-refractivity contribution in [2.75, 3.05) is 5.32 Å². The molecule has 0 saturated carbocycles. The number of Topliss-reactive ketones (excluding diaryl/α,β-unsaturated/α-hetero) is 1. The lowest BCUT2D eigenvalue weighted by molar-refractivity contribution is 0.0989. The number of hydrogen-bond donors (Lipinski definition) is 1. The Morgan fingerprint density at radius 3 is 2.58 bits per heavy atom. The van der Waals surface area contributed by atoms with Crippen LogP contribution in [0.4, 0.5) is 5.69 Å². The number of carbonyl (C=O) groups is 2. The maximum atomic E-state index is 13.3. The largest absolute Gasteiger partial charge is 0.454 e. The first-order valence-electron chi connectivity index (χ1n) is 10.2. The number of ketones is 1. The Hall–Kier alpha value is -3.92. The highest BCUT2D eigenvalue weighted by atomic mass is 16.5. The summed E-state index contributed by atoms with van der Waals surface area (Å²) >= 11 is 0. The summed E-state index contributed by atoms with van der Waals surface area (Å²) in [7, 11) is 0. The molecule has 1 amide bonds. The fourth-order valence-electron chi connectivity index (χ4n) is 4.12. The standard InChI is InChI=1S/C27H21NO3/c1-16-7-11-25-22(13-16)28-27(30)21-14-18(9-12-24(21)31-25)15-23(29)26-17(2)8-10-19-5-3-4-6-20(19)26/h3-14H,15H2,1-2H3,(H,28,30). The van der Waals surface area contributed by atoms with E-state index >= 15 is 0 Å². The van der Waals surface area contributed by atoms with Gasteiger partial charge in [0.25, 0.3) is 5.91 Å². The Morgan fingerprint density at radius 2 is 1.71 bits per heavy atom. The first kappa shape index (κ1) is 19.1. The van der Waals surface area contributed by atoms with Crippen LogP contribution in [0.3, 0.4) is 0 Å². The molecule has 0 aromatic heterocycles. The van der Waals surface area contributed by atoms with Crippen molar-refractivity contribution in [3.05, 3.63) is 101 Å². The first-order valence-corrected chi connectivity index (χ1v) is 10.2. The number of hydrogen-bond acceptors (Lipinski definition) is 3. The van der Waals surface area contributed by atoms with Crippen LogP contribution in [0.5, 0.6) is 11.5 Å². The maximum absolute atomic E-state index is 13.3. The summed E-state index contributed by atoms with van der Waals surface area (Å²) in [6.07, 6.45) is 0.210. The van der Waals surface area contributed by atoms with Gasteiger partial charge in [-0.2, -0.15) is 0 Å². The molecule has 31 heavy (non-hydrogen) atoms. The second kappa shape index (κ2) is 7.40. The predicted octanol–water partition coefficient (Wildman–Crippen LogP) is 6.24. The maximum Gasteiger partial charge on any atom is 0.259 e. The number of anilines is 1. The van der Waals surface area contributed by atoms with Crippen LogP contribution in [0.15, 0.2) is 72.8 Å². The zero-order valence-electron chi connectivity index (χ0n) is 17.4. The number of nitrogens with one attached hydrogen (secondary N) is 1. The Balaban J connectivity index is 1.48. The van der Waals surface area contributed by atoms with Gasteiger partial charge >= 0.3 is 0 Å². The van der Waals surface area contributed by atoms with E-state index in [1.807, 2.05) is 74.5 Å². The van der Waals surface area contributed by atoms with Crippen molar-refractivity contribution in [2.24, 2.45) is 0 Å². The molecular formula is C27H21NO3. The second-order valence-electron chi connectivity index (χ2n) is 7.96. The fourth-order valence-corrected chi connectivity index (χ4v) is 4.12. The van der Waals surface area contributed by atoms with Crippen LogP contribution in [-0.4, -0.2) is 11.7 Å². The van der Waals surface area contributed by atoms with Crippen LogP contribution >= 0.6 is 0 Å². The van der Waals surface area contributed by atoms with Gasteiger partial charge in [-0.05, 0) is 65.6 Å². The quantitative estimate of drug-likeness (QED) is 0.409. The van der Waals surface area contributed by atoms with Crippen molar-refractivity contribution in [1.29, 1.82) is 0 Å². The van der Waals surface area contributed by atoms with Crippen molar-refractivity contribution in [3.63, 3.8) is 0 Å². The van der Waals surface area contributed by atoms with Crippen LogP contribution in [-0.2, 0) is 6.42 Å². The van der Waals surface area contributed by atoms with E-state index in [0.29, 0.717) is 22.7 Å². The van der Waals surface area contributed by atoms with Gasteiger partial charge in [0.15, 0.2) is 11.5 Å². The lowest BCUT2D eigenvalue weighted by Gasteiger charge is -2.11. The minimum atomic E-state index is -0.241. The molecule has 0 bridgehead atoms. The van der Waals surface area contributed by atoms with E-state index in [1.54, 1.807) is 12.1 Å².